The van der Waals surface area contributed by atoms with Crippen LogP contribution in [0.15, 0.2) is 24.3 Å². The van der Waals surface area contributed by atoms with Crippen LogP contribution >= 0.6 is 0 Å². The van der Waals surface area contributed by atoms with Crippen LogP contribution in [0.4, 0.5) is 0 Å². The highest BCUT2D eigenvalue weighted by atomic mass is 16.5. The van der Waals surface area contributed by atoms with Gasteiger partial charge in [-0.1, -0.05) is 24.1 Å². The molecule has 1 aromatic carbocycles. The Labute approximate surface area is 159 Å². The number of aryl methyl sites for hydroxylation is 1. The number of unbranched alkanes of at least 4 members (excludes halogenated alkanes) is 2. The van der Waals surface area contributed by atoms with Crippen LogP contribution in [-0.2, 0) is 22.4 Å². The van der Waals surface area contributed by atoms with Gasteiger partial charge in [0.05, 0.1) is 12.8 Å². The number of methoxy groups -OCH3 is 1. The summed E-state index contributed by atoms with van der Waals surface area (Å²) in [5, 5.41) is 7.60. The molecule has 0 aliphatic heterocycles. The van der Waals surface area contributed by atoms with Gasteiger partial charge in [0.25, 0.3) is 5.91 Å². The maximum Gasteiger partial charge on any atom is 0.305 e. The SMILES string of the molecule is COC(=O)CCCCCNC(=O)c1nn(-c2ccc(C)cc2)c2c1CCC2. The van der Waals surface area contributed by atoms with Gasteiger partial charge in [-0.3, -0.25) is 9.59 Å². The maximum absolute atomic E-state index is 12.6. The second-order valence-electron chi connectivity index (χ2n) is 7.02. The highest BCUT2D eigenvalue weighted by Gasteiger charge is 2.26. The topological polar surface area (TPSA) is 73.2 Å². The first-order valence-electron chi connectivity index (χ1n) is 9.63. The van der Waals surface area contributed by atoms with Crippen molar-refractivity contribution in [3.05, 3.63) is 46.8 Å². The molecule has 0 atom stereocenters. The average molecular weight is 369 g/mol. The number of aromatic nitrogens is 2. The number of nitrogens with zero attached hydrogens (tertiary/aromatic N) is 2. The Morgan fingerprint density at radius 1 is 1.15 bits per heavy atom. The van der Waals surface area contributed by atoms with E-state index in [0.29, 0.717) is 18.7 Å². The minimum absolute atomic E-state index is 0.105. The molecule has 0 saturated heterocycles. The predicted octanol–water partition coefficient (Wildman–Crippen LogP) is 3.13. The Morgan fingerprint density at radius 3 is 2.67 bits per heavy atom. The lowest BCUT2D eigenvalue weighted by Crippen LogP contribution is -2.26. The summed E-state index contributed by atoms with van der Waals surface area (Å²) in [5.74, 6) is -0.289. The third-order valence-corrected chi connectivity index (χ3v) is 4.99. The van der Waals surface area contributed by atoms with Crippen LogP contribution < -0.4 is 5.32 Å². The molecule has 3 rings (SSSR count). The summed E-state index contributed by atoms with van der Waals surface area (Å²) < 4.78 is 6.55. The third kappa shape index (κ3) is 4.56. The van der Waals surface area contributed by atoms with Crippen LogP contribution in [0.2, 0.25) is 0 Å². The predicted molar refractivity (Wildman–Crippen MR) is 103 cm³/mol. The molecule has 0 bridgehead atoms. The van der Waals surface area contributed by atoms with Crippen LogP contribution in [0.3, 0.4) is 0 Å². The summed E-state index contributed by atoms with van der Waals surface area (Å²) in [5.41, 5.74) is 4.99. The quantitative estimate of drug-likeness (QED) is 0.573. The molecule has 2 aromatic rings. The summed E-state index contributed by atoms with van der Waals surface area (Å²) >= 11 is 0. The van der Waals surface area contributed by atoms with Crippen molar-refractivity contribution < 1.29 is 14.3 Å². The Balaban J connectivity index is 1.60. The van der Waals surface area contributed by atoms with Crippen molar-refractivity contribution in [2.75, 3.05) is 13.7 Å². The molecule has 1 amide bonds. The third-order valence-electron chi connectivity index (χ3n) is 4.99. The minimum atomic E-state index is -0.184. The van der Waals surface area contributed by atoms with Gasteiger partial charge in [-0.15, -0.1) is 0 Å². The molecule has 0 unspecified atom stereocenters. The summed E-state index contributed by atoms with van der Waals surface area (Å²) in [4.78, 5) is 23.7. The van der Waals surface area contributed by atoms with E-state index in [1.807, 2.05) is 16.8 Å². The van der Waals surface area contributed by atoms with Gasteiger partial charge in [0.15, 0.2) is 5.69 Å². The van der Waals surface area contributed by atoms with E-state index in [2.05, 4.69) is 34.2 Å². The molecule has 1 N–H and O–H groups in total. The lowest BCUT2D eigenvalue weighted by molar-refractivity contribution is -0.140. The normalized spacial score (nSPS) is 12.7. The van der Waals surface area contributed by atoms with Gasteiger partial charge in [-0.05, 0) is 51.2 Å². The van der Waals surface area contributed by atoms with Gasteiger partial charge < -0.3 is 10.1 Å². The van der Waals surface area contributed by atoms with Crippen LogP contribution in [0.1, 0.15) is 59.4 Å². The lowest BCUT2D eigenvalue weighted by Gasteiger charge is -2.06. The van der Waals surface area contributed by atoms with Crippen molar-refractivity contribution in [3.63, 3.8) is 0 Å². The smallest absolute Gasteiger partial charge is 0.305 e. The molecule has 0 saturated carbocycles. The summed E-state index contributed by atoms with van der Waals surface area (Å²) in [6, 6.07) is 8.21. The van der Waals surface area contributed by atoms with Crippen LogP contribution in [0.25, 0.3) is 5.69 Å². The summed E-state index contributed by atoms with van der Waals surface area (Å²) in [6.45, 7) is 2.65. The number of carbonyl (C=O) groups excluding carboxylic acids is 2. The maximum atomic E-state index is 12.6. The molecule has 6 heteroatoms. The van der Waals surface area contributed by atoms with Crippen molar-refractivity contribution in [2.45, 2.75) is 51.9 Å². The van der Waals surface area contributed by atoms with E-state index in [4.69, 9.17) is 0 Å². The van der Waals surface area contributed by atoms with E-state index in [0.717, 1.165) is 55.5 Å². The van der Waals surface area contributed by atoms with Crippen molar-refractivity contribution in [3.8, 4) is 5.69 Å². The summed E-state index contributed by atoms with van der Waals surface area (Å²) in [6.07, 6.45) is 5.85. The number of esters is 1. The van der Waals surface area contributed by atoms with Crippen LogP contribution in [-0.4, -0.2) is 35.3 Å². The fourth-order valence-corrected chi connectivity index (χ4v) is 3.48. The Hall–Kier alpha value is -2.63. The number of amides is 1. The van der Waals surface area contributed by atoms with E-state index < -0.39 is 0 Å². The van der Waals surface area contributed by atoms with Crippen molar-refractivity contribution >= 4 is 11.9 Å². The largest absolute Gasteiger partial charge is 0.469 e. The first kappa shape index (κ1) is 19.1. The highest BCUT2D eigenvalue weighted by Crippen LogP contribution is 2.27. The zero-order valence-electron chi connectivity index (χ0n) is 16.1. The zero-order valence-corrected chi connectivity index (χ0v) is 16.1. The summed E-state index contributed by atoms with van der Waals surface area (Å²) in [7, 11) is 1.40. The zero-order chi connectivity index (χ0) is 19.2. The van der Waals surface area contributed by atoms with E-state index in [-0.39, 0.29) is 11.9 Å². The first-order chi connectivity index (χ1) is 13.1. The van der Waals surface area contributed by atoms with Crippen molar-refractivity contribution in [1.82, 2.24) is 15.1 Å². The molecule has 144 valence electrons. The van der Waals surface area contributed by atoms with E-state index >= 15 is 0 Å². The molecule has 27 heavy (non-hydrogen) atoms. The number of benzene rings is 1. The monoisotopic (exact) mass is 369 g/mol. The Morgan fingerprint density at radius 2 is 1.93 bits per heavy atom. The molecule has 1 aliphatic rings. The van der Waals surface area contributed by atoms with Gasteiger partial charge in [-0.2, -0.15) is 5.10 Å². The van der Waals surface area contributed by atoms with Crippen molar-refractivity contribution in [2.24, 2.45) is 0 Å². The van der Waals surface area contributed by atoms with Gasteiger partial charge >= 0.3 is 5.97 Å². The minimum Gasteiger partial charge on any atom is -0.469 e. The fraction of sp³-hybridized carbons (Fsp3) is 0.476. The van der Waals surface area contributed by atoms with Crippen LogP contribution in [0.5, 0.6) is 0 Å². The Kier molecular flexibility index (Phi) is 6.27. The Bertz CT molecular complexity index is 809. The van der Waals surface area contributed by atoms with Gasteiger partial charge in [0.1, 0.15) is 0 Å². The first-order valence-corrected chi connectivity index (χ1v) is 9.63. The molecular weight excluding hydrogens is 342 g/mol. The van der Waals surface area contributed by atoms with E-state index in [9.17, 15) is 9.59 Å². The average Bonchev–Trinajstić information content (AvgIpc) is 3.27. The number of hydrogen-bond acceptors (Lipinski definition) is 4. The second kappa shape index (κ2) is 8.84. The number of rotatable bonds is 8. The standard InChI is InChI=1S/C21H27N3O3/c1-15-10-12-16(13-11-15)24-18-8-6-7-17(18)20(23-24)21(26)22-14-5-3-4-9-19(25)27-2/h10-13H,3-9,14H2,1-2H3,(H,22,26). The highest BCUT2D eigenvalue weighted by molar-refractivity contribution is 5.94. The molecule has 0 fully saturated rings. The second-order valence-corrected chi connectivity index (χ2v) is 7.02. The number of hydrogen-bond donors (Lipinski definition) is 1. The van der Waals surface area contributed by atoms with Crippen LogP contribution in [0, 0.1) is 6.92 Å². The molecular formula is C21H27N3O3. The molecule has 6 nitrogen and oxygen atoms in total. The number of nitrogens with one attached hydrogen (secondary N) is 1. The molecule has 1 aromatic heterocycles. The molecule has 0 spiro atoms. The number of fused-ring (bicyclic) bond motifs is 1. The van der Waals surface area contributed by atoms with Gasteiger partial charge in [-0.25, -0.2) is 4.68 Å². The van der Waals surface area contributed by atoms with Crippen molar-refractivity contribution in [1.29, 1.82) is 0 Å². The molecule has 1 heterocycles. The van der Waals surface area contributed by atoms with E-state index in [1.54, 1.807) is 0 Å². The van der Waals surface area contributed by atoms with E-state index in [1.165, 1.54) is 12.7 Å². The lowest BCUT2D eigenvalue weighted by atomic mass is 10.1. The molecule has 1 aliphatic carbocycles. The molecule has 0 radical (unpaired) electrons. The van der Waals surface area contributed by atoms with Gasteiger partial charge in [0, 0.05) is 24.2 Å². The van der Waals surface area contributed by atoms with Gasteiger partial charge in [0.2, 0.25) is 0 Å². The number of carbonyl (C=O) groups is 2. The fourth-order valence-electron chi connectivity index (χ4n) is 3.48. The number of ether oxygens (including phenoxy) is 1.